The maximum absolute atomic E-state index is 13.2. The van der Waals surface area contributed by atoms with E-state index in [1.54, 1.807) is 20.8 Å². The molecule has 0 spiro atoms. The highest BCUT2D eigenvalue weighted by atomic mass is 32.2. The van der Waals surface area contributed by atoms with E-state index in [9.17, 15) is 32.3 Å². The van der Waals surface area contributed by atoms with Gasteiger partial charge in [0.1, 0.15) is 11.0 Å². The third kappa shape index (κ3) is 5.06. The van der Waals surface area contributed by atoms with Crippen LogP contribution in [-0.4, -0.2) is 25.8 Å². The van der Waals surface area contributed by atoms with Gasteiger partial charge in [0, 0.05) is 35.4 Å². The predicted molar refractivity (Wildman–Crippen MR) is 98.7 cm³/mol. The summed E-state index contributed by atoms with van der Waals surface area (Å²) in [4.78, 5) is 22.6. The van der Waals surface area contributed by atoms with Crippen LogP contribution in [-0.2, 0) is 15.8 Å². The molecule has 28 heavy (non-hydrogen) atoms. The van der Waals surface area contributed by atoms with Gasteiger partial charge in [-0.1, -0.05) is 12.1 Å². The minimum atomic E-state index is -4.66. The Labute approximate surface area is 162 Å². The summed E-state index contributed by atoms with van der Waals surface area (Å²) in [7, 11) is -1.57. The highest BCUT2D eigenvalue weighted by molar-refractivity contribution is 7.84. The molecule has 1 aromatic rings. The molecule has 0 saturated carbocycles. The van der Waals surface area contributed by atoms with Crippen molar-refractivity contribution in [3.8, 4) is 0 Å². The van der Waals surface area contributed by atoms with E-state index in [2.05, 4.69) is 4.72 Å². The number of carbonyl (C=O) groups is 1. The van der Waals surface area contributed by atoms with Crippen molar-refractivity contribution in [2.24, 2.45) is 0 Å². The summed E-state index contributed by atoms with van der Waals surface area (Å²) in [5.74, 6) is -1.82. The van der Waals surface area contributed by atoms with Crippen LogP contribution in [0, 0.1) is 10.1 Å². The van der Waals surface area contributed by atoms with Gasteiger partial charge in [-0.2, -0.15) is 13.2 Å². The monoisotopic (exact) mass is 416 g/mol. The molecular formula is C18H19F3N2O4S. The Hall–Kier alpha value is -2.49. The van der Waals surface area contributed by atoms with Gasteiger partial charge in [0.15, 0.2) is 5.78 Å². The van der Waals surface area contributed by atoms with Crippen molar-refractivity contribution >= 4 is 22.5 Å². The second-order valence-electron chi connectivity index (χ2n) is 7.24. The van der Waals surface area contributed by atoms with E-state index < -0.39 is 50.5 Å². The molecule has 1 aromatic carbocycles. The number of rotatable bonds is 4. The third-order valence-corrected chi connectivity index (χ3v) is 5.58. The first-order chi connectivity index (χ1) is 12.8. The Kier molecular flexibility index (Phi) is 6.12. The van der Waals surface area contributed by atoms with Gasteiger partial charge in [-0.05, 0) is 38.8 Å². The molecule has 0 amide bonds. The van der Waals surface area contributed by atoms with Crippen LogP contribution in [0.4, 0.5) is 18.9 Å². The zero-order valence-corrected chi connectivity index (χ0v) is 16.2. The first-order valence-electron chi connectivity index (χ1n) is 8.25. The number of ketones is 1. The van der Waals surface area contributed by atoms with E-state index in [-0.39, 0.29) is 11.3 Å². The fraction of sp³-hybridized carbons (Fsp3) is 0.389. The molecule has 1 aliphatic carbocycles. The zero-order valence-electron chi connectivity index (χ0n) is 15.4. The van der Waals surface area contributed by atoms with Gasteiger partial charge in [-0.3, -0.25) is 14.9 Å². The van der Waals surface area contributed by atoms with Crippen molar-refractivity contribution in [2.45, 2.75) is 44.0 Å². The number of alkyl halides is 3. The normalized spacial score (nSPS) is 20.6. The number of benzene rings is 1. The summed E-state index contributed by atoms with van der Waals surface area (Å²) in [6, 6.07) is 4.99. The lowest BCUT2D eigenvalue weighted by Gasteiger charge is -2.27. The van der Waals surface area contributed by atoms with Crippen LogP contribution < -0.4 is 4.72 Å². The van der Waals surface area contributed by atoms with E-state index in [1.165, 1.54) is 30.5 Å². The summed E-state index contributed by atoms with van der Waals surface area (Å²) in [5, 5.41) is 10.8. The van der Waals surface area contributed by atoms with Crippen LogP contribution >= 0.6 is 0 Å². The number of nitrogens with zero attached hydrogens (tertiary/aromatic N) is 1. The highest BCUT2D eigenvalue weighted by Crippen LogP contribution is 2.41. The molecule has 2 atom stereocenters. The Morgan fingerprint density at radius 3 is 2.25 bits per heavy atom. The molecular weight excluding hydrogens is 397 g/mol. The Morgan fingerprint density at radius 1 is 1.21 bits per heavy atom. The van der Waals surface area contributed by atoms with Gasteiger partial charge >= 0.3 is 6.18 Å². The smallest absolute Gasteiger partial charge is 0.311 e. The van der Waals surface area contributed by atoms with Crippen molar-refractivity contribution in [3.63, 3.8) is 0 Å². The predicted octanol–water partition coefficient (Wildman–Crippen LogP) is 4.08. The first kappa shape index (κ1) is 21.8. The average Bonchev–Trinajstić information content (AvgIpc) is 2.58. The van der Waals surface area contributed by atoms with E-state index in [4.69, 9.17) is 0 Å². The number of nitro groups is 1. The van der Waals surface area contributed by atoms with E-state index in [1.807, 2.05) is 0 Å². The van der Waals surface area contributed by atoms with Gasteiger partial charge in [-0.15, -0.1) is 0 Å². The lowest BCUT2D eigenvalue weighted by Crippen LogP contribution is -2.32. The quantitative estimate of drug-likeness (QED) is 0.455. The Morgan fingerprint density at radius 2 is 1.79 bits per heavy atom. The Balaban J connectivity index is 2.46. The van der Waals surface area contributed by atoms with Crippen LogP contribution in [0.1, 0.15) is 38.7 Å². The summed E-state index contributed by atoms with van der Waals surface area (Å²) in [5.41, 5.74) is -0.854. The van der Waals surface area contributed by atoms with Crippen molar-refractivity contribution in [3.05, 3.63) is 63.4 Å². The van der Waals surface area contributed by atoms with E-state index in [0.29, 0.717) is 11.6 Å². The van der Waals surface area contributed by atoms with Gasteiger partial charge in [-0.25, -0.2) is 4.21 Å². The molecule has 0 heterocycles. The summed E-state index contributed by atoms with van der Waals surface area (Å²) < 4.78 is 53.6. The summed E-state index contributed by atoms with van der Waals surface area (Å²) in [6.45, 7) is 5.10. The van der Waals surface area contributed by atoms with Crippen molar-refractivity contribution < 1.29 is 27.1 Å². The van der Waals surface area contributed by atoms with Gasteiger partial charge in [0.2, 0.25) is 0 Å². The molecule has 1 aliphatic rings. The lowest BCUT2D eigenvalue weighted by molar-refractivity contribution is -0.384. The minimum Gasteiger partial charge on any atom is -0.311 e. The number of hydrogen-bond donors (Lipinski definition) is 1. The second-order valence-corrected chi connectivity index (χ2v) is 9.23. The van der Waals surface area contributed by atoms with Crippen molar-refractivity contribution in [1.29, 1.82) is 0 Å². The molecule has 152 valence electrons. The van der Waals surface area contributed by atoms with E-state index >= 15 is 0 Å². The fourth-order valence-electron chi connectivity index (χ4n) is 2.59. The molecule has 0 bridgehead atoms. The molecule has 0 saturated heterocycles. The Bertz CT molecular complexity index is 868. The topological polar surface area (TPSA) is 89.3 Å². The van der Waals surface area contributed by atoms with Crippen LogP contribution in [0.3, 0.4) is 0 Å². The molecule has 0 fully saturated rings. The second kappa shape index (κ2) is 7.86. The highest BCUT2D eigenvalue weighted by Gasteiger charge is 2.40. The number of allylic oxidation sites excluding steroid dienone is 3. The van der Waals surface area contributed by atoms with Crippen LogP contribution in [0.25, 0.3) is 0 Å². The molecule has 10 heteroatoms. The number of hydrogen-bond acceptors (Lipinski definition) is 4. The number of nitro benzene ring substituents is 1. The van der Waals surface area contributed by atoms with Gasteiger partial charge in [0.05, 0.1) is 9.67 Å². The maximum atomic E-state index is 13.2. The number of carbonyl (C=O) groups excluding carboxylic acids is 1. The maximum Gasteiger partial charge on any atom is 0.412 e. The third-order valence-electron chi connectivity index (χ3n) is 4.14. The van der Waals surface area contributed by atoms with E-state index in [0.717, 1.165) is 0 Å². The SMILES string of the molecule is CC(C)(C)S(=O)N/C=C1\C(=O)C=C(C(F)(F)F)C[C@@H]1c1ccc([N+](=O)[O-])cc1. The first-order valence-corrected chi connectivity index (χ1v) is 9.40. The molecule has 1 N–H and O–H groups in total. The zero-order chi connectivity index (χ0) is 21.3. The molecule has 1 unspecified atom stereocenters. The van der Waals surface area contributed by atoms with Crippen LogP contribution in [0.5, 0.6) is 0 Å². The number of nitrogens with one attached hydrogen (secondary N) is 1. The minimum absolute atomic E-state index is 0.0134. The molecule has 0 aliphatic heterocycles. The fourth-order valence-corrected chi connectivity index (χ4v) is 3.18. The van der Waals surface area contributed by atoms with Crippen LogP contribution in [0.15, 0.2) is 47.7 Å². The lowest BCUT2D eigenvalue weighted by atomic mass is 9.79. The average molecular weight is 416 g/mol. The molecule has 6 nitrogen and oxygen atoms in total. The largest absolute Gasteiger partial charge is 0.412 e. The summed E-state index contributed by atoms with van der Waals surface area (Å²) >= 11 is 0. The summed E-state index contributed by atoms with van der Waals surface area (Å²) in [6.07, 6.45) is -3.45. The van der Waals surface area contributed by atoms with Gasteiger partial charge in [0.25, 0.3) is 5.69 Å². The van der Waals surface area contributed by atoms with Crippen molar-refractivity contribution in [1.82, 2.24) is 4.72 Å². The molecule has 0 radical (unpaired) electrons. The van der Waals surface area contributed by atoms with Crippen LogP contribution in [0.2, 0.25) is 0 Å². The number of non-ortho nitro benzene ring substituents is 1. The number of halogens is 3. The van der Waals surface area contributed by atoms with Gasteiger partial charge < -0.3 is 4.72 Å². The molecule has 2 rings (SSSR count). The van der Waals surface area contributed by atoms with Crippen molar-refractivity contribution in [2.75, 3.05) is 0 Å². The standard InChI is InChI=1S/C18H19F3N2O4S/c1-17(2,3)28(27)22-10-15-14(8-12(9-16(15)24)18(19,20)21)11-4-6-13(7-5-11)23(25)26/h4-7,9-10,14,22H,8H2,1-3H3/b15-10-/t14-,28?/m1/s1. The molecule has 0 aromatic heterocycles.